The lowest BCUT2D eigenvalue weighted by Gasteiger charge is -2.10. The van der Waals surface area contributed by atoms with E-state index in [-0.39, 0.29) is 18.1 Å². The van der Waals surface area contributed by atoms with Crippen LogP contribution < -0.4 is 0 Å². The maximum Gasteiger partial charge on any atom is 0.250 e. The number of benzene rings is 1. The summed E-state index contributed by atoms with van der Waals surface area (Å²) >= 11 is 0. The number of ketones is 1. The number of rotatable bonds is 2. The van der Waals surface area contributed by atoms with E-state index in [4.69, 9.17) is 0 Å². The molecule has 0 fully saturated rings. The van der Waals surface area contributed by atoms with E-state index in [1.54, 1.807) is 13.8 Å². The molecule has 96 valence electrons. The normalized spacial score (nSPS) is 14.8. The summed E-state index contributed by atoms with van der Waals surface area (Å²) in [4.78, 5) is 27.4. The zero-order valence-electron chi connectivity index (χ0n) is 11.0. The molecular formula is C16H15NO2. The fraction of sp³-hybridized carbons (Fsp3) is 0.188. The van der Waals surface area contributed by atoms with Crippen LogP contribution in [-0.4, -0.2) is 17.4 Å². The highest BCUT2D eigenvalue weighted by molar-refractivity contribution is 6.24. The predicted octanol–water partition coefficient (Wildman–Crippen LogP) is 2.67. The number of aliphatic imine (C=N–C) groups is 1. The average Bonchev–Trinajstić information content (AvgIpc) is 2.35. The van der Waals surface area contributed by atoms with Gasteiger partial charge in [0.05, 0.1) is 12.1 Å². The lowest BCUT2D eigenvalue weighted by molar-refractivity contribution is -0.117. The van der Waals surface area contributed by atoms with E-state index in [1.165, 1.54) is 12.2 Å². The minimum absolute atomic E-state index is 0.0514. The molecule has 1 aliphatic carbocycles. The maximum absolute atomic E-state index is 11.9. The van der Waals surface area contributed by atoms with Crippen LogP contribution in [0, 0.1) is 0 Å². The molecule has 0 spiro atoms. The van der Waals surface area contributed by atoms with E-state index in [1.807, 2.05) is 30.3 Å². The minimum atomic E-state index is -0.198. The molecule has 1 aromatic rings. The molecule has 1 aromatic carbocycles. The van der Waals surface area contributed by atoms with Crippen molar-refractivity contribution in [1.29, 1.82) is 0 Å². The van der Waals surface area contributed by atoms with Gasteiger partial charge in [-0.05, 0) is 42.7 Å². The summed E-state index contributed by atoms with van der Waals surface area (Å²) in [5, 5.41) is 0. The summed E-state index contributed by atoms with van der Waals surface area (Å²) in [7, 11) is 0. The Balaban J connectivity index is 2.17. The van der Waals surface area contributed by atoms with Gasteiger partial charge in [0.15, 0.2) is 5.78 Å². The number of amides is 1. The Bertz CT molecular complexity index is 583. The molecule has 2 rings (SSSR count). The summed E-state index contributed by atoms with van der Waals surface area (Å²) in [6.45, 7) is 3.59. The molecule has 0 heterocycles. The second-order valence-corrected chi connectivity index (χ2v) is 4.57. The van der Waals surface area contributed by atoms with Gasteiger partial charge in [-0.1, -0.05) is 30.3 Å². The van der Waals surface area contributed by atoms with Crippen LogP contribution in [0.5, 0.6) is 0 Å². The Kier molecular flexibility index (Phi) is 3.85. The summed E-state index contributed by atoms with van der Waals surface area (Å²) in [5.41, 5.74) is 3.03. The van der Waals surface area contributed by atoms with E-state index in [0.29, 0.717) is 5.71 Å². The molecule has 0 radical (unpaired) electrons. The van der Waals surface area contributed by atoms with E-state index in [2.05, 4.69) is 4.99 Å². The largest absolute Gasteiger partial charge is 0.290 e. The maximum atomic E-state index is 11.9. The van der Waals surface area contributed by atoms with E-state index < -0.39 is 0 Å². The predicted molar refractivity (Wildman–Crippen MR) is 75.1 cm³/mol. The number of nitrogens with zero attached hydrogens (tertiary/aromatic N) is 1. The molecule has 0 bridgehead atoms. The lowest BCUT2D eigenvalue weighted by atomic mass is 9.97. The van der Waals surface area contributed by atoms with Gasteiger partial charge in [-0.15, -0.1) is 0 Å². The van der Waals surface area contributed by atoms with Crippen molar-refractivity contribution in [2.45, 2.75) is 20.3 Å². The zero-order chi connectivity index (χ0) is 13.8. The summed E-state index contributed by atoms with van der Waals surface area (Å²) in [6.07, 6.45) is 3.28. The van der Waals surface area contributed by atoms with Crippen molar-refractivity contribution in [2.24, 2.45) is 4.99 Å². The Hall–Kier alpha value is -2.29. The Morgan fingerprint density at radius 2 is 1.63 bits per heavy atom. The number of allylic oxidation sites excluding steroid dienone is 4. The highest BCUT2D eigenvalue weighted by Gasteiger charge is 2.14. The van der Waals surface area contributed by atoms with Crippen LogP contribution in [-0.2, 0) is 16.0 Å². The molecule has 0 saturated carbocycles. The summed E-state index contributed by atoms with van der Waals surface area (Å²) < 4.78 is 0. The molecule has 0 N–H and O–H groups in total. The molecule has 3 nitrogen and oxygen atoms in total. The smallest absolute Gasteiger partial charge is 0.250 e. The van der Waals surface area contributed by atoms with E-state index >= 15 is 0 Å². The number of hydrogen-bond donors (Lipinski definition) is 0. The van der Waals surface area contributed by atoms with Gasteiger partial charge in [0.1, 0.15) is 0 Å². The Morgan fingerprint density at radius 1 is 1.05 bits per heavy atom. The lowest BCUT2D eigenvalue weighted by Crippen LogP contribution is -2.14. The first-order chi connectivity index (χ1) is 9.06. The molecule has 1 amide bonds. The van der Waals surface area contributed by atoms with Gasteiger partial charge < -0.3 is 0 Å². The summed E-state index contributed by atoms with van der Waals surface area (Å²) in [5.74, 6) is -0.250. The molecule has 0 aliphatic heterocycles. The van der Waals surface area contributed by atoms with Gasteiger partial charge in [-0.2, -0.15) is 0 Å². The van der Waals surface area contributed by atoms with Gasteiger partial charge in [0.2, 0.25) is 0 Å². The highest BCUT2D eigenvalue weighted by Crippen LogP contribution is 2.14. The van der Waals surface area contributed by atoms with Crippen molar-refractivity contribution >= 4 is 17.4 Å². The van der Waals surface area contributed by atoms with Crippen molar-refractivity contribution < 1.29 is 9.59 Å². The third-order valence-electron chi connectivity index (χ3n) is 2.90. The average molecular weight is 253 g/mol. The van der Waals surface area contributed by atoms with Crippen molar-refractivity contribution in [3.8, 4) is 0 Å². The van der Waals surface area contributed by atoms with Crippen LogP contribution in [0.3, 0.4) is 0 Å². The molecule has 1 aliphatic rings. The van der Waals surface area contributed by atoms with Crippen LogP contribution in [0.25, 0.3) is 0 Å². The van der Waals surface area contributed by atoms with Crippen LogP contribution in [0.1, 0.15) is 19.4 Å². The third kappa shape index (κ3) is 3.35. The first kappa shape index (κ1) is 13.1. The molecule has 3 heteroatoms. The van der Waals surface area contributed by atoms with Crippen LogP contribution in [0.4, 0.5) is 0 Å². The molecule has 0 unspecified atom stereocenters. The van der Waals surface area contributed by atoms with Crippen molar-refractivity contribution in [3.05, 3.63) is 59.2 Å². The zero-order valence-corrected chi connectivity index (χ0v) is 11.0. The van der Waals surface area contributed by atoms with Crippen LogP contribution in [0.15, 0.2) is 58.6 Å². The monoisotopic (exact) mass is 253 g/mol. The molecule has 0 atom stereocenters. The highest BCUT2D eigenvalue weighted by atomic mass is 16.1. The minimum Gasteiger partial charge on any atom is -0.290 e. The van der Waals surface area contributed by atoms with Gasteiger partial charge >= 0.3 is 0 Å². The number of carbonyl (C=O) groups excluding carboxylic acids is 2. The van der Waals surface area contributed by atoms with Gasteiger partial charge in [0.25, 0.3) is 5.91 Å². The Labute approximate surface area is 112 Å². The second kappa shape index (κ2) is 5.57. The number of hydrogen-bond acceptors (Lipinski definition) is 2. The second-order valence-electron chi connectivity index (χ2n) is 4.57. The third-order valence-corrected chi connectivity index (χ3v) is 2.90. The molecule has 0 saturated heterocycles. The molecular weight excluding hydrogens is 238 g/mol. The van der Waals surface area contributed by atoms with Crippen LogP contribution in [0.2, 0.25) is 0 Å². The Morgan fingerprint density at radius 3 is 2.21 bits per heavy atom. The van der Waals surface area contributed by atoms with E-state index in [9.17, 15) is 9.59 Å². The summed E-state index contributed by atoms with van der Waals surface area (Å²) in [6, 6.07) is 9.49. The first-order valence-electron chi connectivity index (χ1n) is 6.13. The van der Waals surface area contributed by atoms with Crippen molar-refractivity contribution in [2.75, 3.05) is 0 Å². The molecule has 0 aromatic heterocycles. The fourth-order valence-corrected chi connectivity index (χ4v) is 2.03. The standard InChI is InChI=1S/C16H15NO2/c1-11-8-14(18)9-12(2)16(11)17-15(19)10-13-6-4-3-5-7-13/h3-9H,10H2,1-2H3. The van der Waals surface area contributed by atoms with Crippen LogP contribution >= 0.6 is 0 Å². The van der Waals surface area contributed by atoms with Gasteiger partial charge in [-0.3, -0.25) is 9.59 Å². The quantitative estimate of drug-likeness (QED) is 0.761. The molecule has 19 heavy (non-hydrogen) atoms. The SMILES string of the molecule is CC1=CC(=O)C=C(C)C1=NC(=O)Cc1ccccc1. The van der Waals surface area contributed by atoms with Gasteiger partial charge in [0, 0.05) is 0 Å². The van der Waals surface area contributed by atoms with Crippen molar-refractivity contribution in [3.63, 3.8) is 0 Å². The van der Waals surface area contributed by atoms with Crippen molar-refractivity contribution in [1.82, 2.24) is 0 Å². The first-order valence-corrected chi connectivity index (χ1v) is 6.13. The number of carbonyl (C=O) groups is 2. The van der Waals surface area contributed by atoms with E-state index in [0.717, 1.165) is 16.7 Å². The fourth-order valence-electron chi connectivity index (χ4n) is 2.03. The topological polar surface area (TPSA) is 46.5 Å². The van der Waals surface area contributed by atoms with Gasteiger partial charge in [-0.25, -0.2) is 4.99 Å².